The average Bonchev–Trinajstić information content (AvgIpc) is 2.38. The molecule has 2 aliphatic rings. The summed E-state index contributed by atoms with van der Waals surface area (Å²) in [5.74, 6) is 2.14. The fourth-order valence-corrected chi connectivity index (χ4v) is 3.80. The minimum atomic E-state index is 0.848. The third kappa shape index (κ3) is 3.48. The van der Waals surface area contributed by atoms with E-state index in [9.17, 15) is 0 Å². The molecule has 1 heteroatoms. The molecule has 2 atom stereocenters. The lowest BCUT2D eigenvalue weighted by molar-refractivity contribution is 0.171. The van der Waals surface area contributed by atoms with Gasteiger partial charge in [-0.15, -0.1) is 0 Å². The lowest BCUT2D eigenvalue weighted by atomic mass is 9.72. The van der Waals surface area contributed by atoms with Crippen molar-refractivity contribution < 1.29 is 0 Å². The first kappa shape index (κ1) is 12.4. The molecule has 0 radical (unpaired) electrons. The molecule has 16 heavy (non-hydrogen) atoms. The first-order chi connectivity index (χ1) is 7.90. The lowest BCUT2D eigenvalue weighted by Gasteiger charge is -2.36. The zero-order chi connectivity index (χ0) is 11.2. The molecule has 1 N–H and O–H groups in total. The molecule has 2 fully saturated rings. The highest BCUT2D eigenvalue weighted by atomic mass is 14.9. The Morgan fingerprint density at radius 2 is 1.62 bits per heavy atom. The van der Waals surface area contributed by atoms with Crippen LogP contribution in [0.25, 0.3) is 0 Å². The second-order valence-electron chi connectivity index (χ2n) is 5.98. The van der Waals surface area contributed by atoms with E-state index in [0.29, 0.717) is 0 Å². The predicted octanol–water partition coefficient (Wildman–Crippen LogP) is 4.13. The summed E-state index contributed by atoms with van der Waals surface area (Å²) in [6.07, 6.45) is 14.8. The first-order valence-electron chi connectivity index (χ1n) is 7.63. The molecule has 0 bridgehead atoms. The smallest absolute Gasteiger partial charge is 0.00698 e. The highest BCUT2D eigenvalue weighted by molar-refractivity contribution is 4.83. The van der Waals surface area contributed by atoms with E-state index in [1.165, 1.54) is 70.8 Å². The topological polar surface area (TPSA) is 12.0 Å². The van der Waals surface area contributed by atoms with E-state index in [4.69, 9.17) is 0 Å². The monoisotopic (exact) mass is 223 g/mol. The van der Waals surface area contributed by atoms with Crippen LogP contribution in [-0.4, -0.2) is 12.6 Å². The minimum absolute atomic E-state index is 0.848. The molecule has 2 rings (SSSR count). The Hall–Kier alpha value is -0.0400. The van der Waals surface area contributed by atoms with Gasteiger partial charge in [0.15, 0.2) is 0 Å². The molecule has 0 aromatic rings. The van der Waals surface area contributed by atoms with E-state index in [2.05, 4.69) is 12.2 Å². The standard InChI is InChI=1S/C15H29N/c1-2-11-16-15-10-6-9-14(12-15)13-7-4-3-5-8-13/h13-16H,2-12H2,1H3. The maximum atomic E-state index is 3.74. The van der Waals surface area contributed by atoms with Gasteiger partial charge >= 0.3 is 0 Å². The second kappa shape index (κ2) is 6.64. The van der Waals surface area contributed by atoms with Crippen LogP contribution in [0.4, 0.5) is 0 Å². The lowest BCUT2D eigenvalue weighted by Crippen LogP contribution is -2.37. The number of rotatable bonds is 4. The number of hydrogen-bond acceptors (Lipinski definition) is 1. The average molecular weight is 223 g/mol. The van der Waals surface area contributed by atoms with Crippen molar-refractivity contribution in [1.29, 1.82) is 0 Å². The van der Waals surface area contributed by atoms with Gasteiger partial charge in [-0.05, 0) is 37.6 Å². The van der Waals surface area contributed by atoms with Gasteiger partial charge < -0.3 is 5.32 Å². The van der Waals surface area contributed by atoms with E-state index in [1.807, 2.05) is 0 Å². The fourth-order valence-electron chi connectivity index (χ4n) is 3.80. The molecule has 0 aromatic heterocycles. The van der Waals surface area contributed by atoms with E-state index in [-0.39, 0.29) is 0 Å². The van der Waals surface area contributed by atoms with Crippen molar-refractivity contribution >= 4 is 0 Å². The van der Waals surface area contributed by atoms with E-state index >= 15 is 0 Å². The molecule has 0 heterocycles. The number of hydrogen-bond donors (Lipinski definition) is 1. The molecular weight excluding hydrogens is 194 g/mol. The van der Waals surface area contributed by atoms with Gasteiger partial charge in [-0.3, -0.25) is 0 Å². The van der Waals surface area contributed by atoms with Crippen LogP contribution < -0.4 is 5.32 Å². The zero-order valence-electron chi connectivity index (χ0n) is 11.0. The maximum absolute atomic E-state index is 3.74. The van der Waals surface area contributed by atoms with Crippen molar-refractivity contribution in [2.45, 2.75) is 77.2 Å². The van der Waals surface area contributed by atoms with Crippen molar-refractivity contribution in [3.05, 3.63) is 0 Å². The molecule has 94 valence electrons. The highest BCUT2D eigenvalue weighted by Crippen LogP contribution is 2.38. The molecule has 2 unspecified atom stereocenters. The summed E-state index contributed by atoms with van der Waals surface area (Å²) in [4.78, 5) is 0. The molecule has 0 spiro atoms. The zero-order valence-corrected chi connectivity index (χ0v) is 11.0. The van der Waals surface area contributed by atoms with Gasteiger partial charge in [0, 0.05) is 6.04 Å². The van der Waals surface area contributed by atoms with Gasteiger partial charge in [-0.25, -0.2) is 0 Å². The molecule has 1 nitrogen and oxygen atoms in total. The van der Waals surface area contributed by atoms with Crippen LogP contribution >= 0.6 is 0 Å². The Labute approximate surface area is 101 Å². The summed E-state index contributed by atoms with van der Waals surface area (Å²) in [6, 6.07) is 0.848. The summed E-state index contributed by atoms with van der Waals surface area (Å²) < 4.78 is 0. The van der Waals surface area contributed by atoms with Crippen molar-refractivity contribution in [2.75, 3.05) is 6.54 Å². The Morgan fingerprint density at radius 1 is 0.875 bits per heavy atom. The largest absolute Gasteiger partial charge is 0.314 e. The minimum Gasteiger partial charge on any atom is -0.314 e. The highest BCUT2D eigenvalue weighted by Gasteiger charge is 2.28. The molecule has 0 saturated heterocycles. The van der Waals surface area contributed by atoms with Crippen LogP contribution in [0.3, 0.4) is 0 Å². The molecule has 2 saturated carbocycles. The molecule has 2 aliphatic carbocycles. The van der Waals surface area contributed by atoms with E-state index < -0.39 is 0 Å². The summed E-state index contributed by atoms with van der Waals surface area (Å²) in [6.45, 7) is 3.50. The quantitative estimate of drug-likeness (QED) is 0.756. The Morgan fingerprint density at radius 3 is 2.38 bits per heavy atom. The third-order valence-corrected chi connectivity index (χ3v) is 4.71. The molecule has 0 aromatic carbocycles. The van der Waals surface area contributed by atoms with Gasteiger partial charge in [0.1, 0.15) is 0 Å². The summed E-state index contributed by atoms with van der Waals surface area (Å²) >= 11 is 0. The second-order valence-corrected chi connectivity index (χ2v) is 5.98. The van der Waals surface area contributed by atoms with Gasteiger partial charge in [-0.1, -0.05) is 51.9 Å². The maximum Gasteiger partial charge on any atom is 0.00698 e. The fraction of sp³-hybridized carbons (Fsp3) is 1.00. The Balaban J connectivity index is 1.76. The van der Waals surface area contributed by atoms with E-state index in [1.54, 1.807) is 0 Å². The number of nitrogens with one attached hydrogen (secondary N) is 1. The molecule has 0 amide bonds. The summed E-state index contributed by atoms with van der Waals surface area (Å²) in [5.41, 5.74) is 0. The van der Waals surface area contributed by atoms with Gasteiger partial charge in [0.25, 0.3) is 0 Å². The van der Waals surface area contributed by atoms with Crippen LogP contribution in [-0.2, 0) is 0 Å². The van der Waals surface area contributed by atoms with Gasteiger partial charge in [0.2, 0.25) is 0 Å². The molecule has 0 aliphatic heterocycles. The first-order valence-corrected chi connectivity index (χ1v) is 7.63. The normalized spacial score (nSPS) is 32.8. The van der Waals surface area contributed by atoms with Gasteiger partial charge in [-0.2, -0.15) is 0 Å². The Kier molecular flexibility index (Phi) is 5.15. The van der Waals surface area contributed by atoms with E-state index in [0.717, 1.165) is 17.9 Å². The summed E-state index contributed by atoms with van der Waals surface area (Å²) in [5, 5.41) is 3.74. The van der Waals surface area contributed by atoms with Crippen molar-refractivity contribution in [2.24, 2.45) is 11.8 Å². The van der Waals surface area contributed by atoms with Crippen molar-refractivity contribution in [3.63, 3.8) is 0 Å². The van der Waals surface area contributed by atoms with Crippen molar-refractivity contribution in [1.82, 2.24) is 5.32 Å². The van der Waals surface area contributed by atoms with Crippen LogP contribution in [0.5, 0.6) is 0 Å². The SMILES string of the molecule is CCCNC1CCCC(C2CCCCC2)C1. The predicted molar refractivity (Wildman–Crippen MR) is 70.6 cm³/mol. The van der Waals surface area contributed by atoms with Crippen LogP contribution in [0.15, 0.2) is 0 Å². The Bertz CT molecular complexity index is 184. The third-order valence-electron chi connectivity index (χ3n) is 4.71. The van der Waals surface area contributed by atoms with Gasteiger partial charge in [0.05, 0.1) is 0 Å². The molecular formula is C15H29N. The van der Waals surface area contributed by atoms with Crippen LogP contribution in [0.1, 0.15) is 71.1 Å². The van der Waals surface area contributed by atoms with Crippen molar-refractivity contribution in [3.8, 4) is 0 Å². The van der Waals surface area contributed by atoms with Crippen LogP contribution in [0.2, 0.25) is 0 Å². The summed E-state index contributed by atoms with van der Waals surface area (Å²) in [7, 11) is 0. The van der Waals surface area contributed by atoms with Crippen LogP contribution in [0, 0.1) is 11.8 Å².